The molecule has 0 saturated carbocycles. The first-order valence-corrected chi connectivity index (χ1v) is 16.6. The van der Waals surface area contributed by atoms with E-state index in [1.54, 1.807) is 61.7 Å². The van der Waals surface area contributed by atoms with Crippen LogP contribution in [0, 0.1) is 0 Å². The van der Waals surface area contributed by atoms with Crippen molar-refractivity contribution in [2.24, 2.45) is 0 Å². The summed E-state index contributed by atoms with van der Waals surface area (Å²) in [6.07, 6.45) is 0.226. The lowest BCUT2D eigenvalue weighted by Gasteiger charge is -2.34. The van der Waals surface area contributed by atoms with Crippen LogP contribution < -0.4 is 19.1 Å². The second kappa shape index (κ2) is 15.9. The molecule has 0 heterocycles. The van der Waals surface area contributed by atoms with E-state index < -0.39 is 28.5 Å². The molecule has 4 aromatic carbocycles. The van der Waals surface area contributed by atoms with Gasteiger partial charge < -0.3 is 19.7 Å². The Morgan fingerprint density at radius 1 is 0.804 bits per heavy atom. The van der Waals surface area contributed by atoms with E-state index in [-0.39, 0.29) is 35.5 Å². The van der Waals surface area contributed by atoms with Gasteiger partial charge in [-0.15, -0.1) is 0 Å². The summed E-state index contributed by atoms with van der Waals surface area (Å²) in [5.74, 6) is 0.283. The maximum absolute atomic E-state index is 14.5. The van der Waals surface area contributed by atoms with E-state index >= 15 is 0 Å². The molecule has 9 nitrogen and oxygen atoms in total. The van der Waals surface area contributed by atoms with Crippen LogP contribution in [-0.4, -0.2) is 57.5 Å². The van der Waals surface area contributed by atoms with E-state index in [1.165, 1.54) is 17.0 Å². The molecule has 0 fully saturated rings. The highest BCUT2D eigenvalue weighted by atomic mass is 32.2. The Morgan fingerprint density at radius 2 is 1.43 bits per heavy atom. The van der Waals surface area contributed by atoms with E-state index in [0.717, 1.165) is 15.4 Å². The van der Waals surface area contributed by atoms with Crippen LogP contribution in [0.5, 0.6) is 11.5 Å². The van der Waals surface area contributed by atoms with Gasteiger partial charge in [-0.05, 0) is 80.4 Å². The first kappa shape index (κ1) is 34.1. The topological polar surface area (TPSA) is 105 Å². The molecule has 0 radical (unpaired) electrons. The monoisotopic (exact) mass is 643 g/mol. The lowest BCUT2D eigenvalue weighted by Crippen LogP contribution is -2.54. The van der Waals surface area contributed by atoms with Crippen LogP contribution in [0.1, 0.15) is 31.9 Å². The van der Waals surface area contributed by atoms with E-state index in [4.69, 9.17) is 9.47 Å². The van der Waals surface area contributed by atoms with E-state index in [1.807, 2.05) is 63.2 Å². The average molecular weight is 644 g/mol. The molecule has 1 atom stereocenters. The second-order valence-corrected chi connectivity index (χ2v) is 12.9. The highest BCUT2D eigenvalue weighted by molar-refractivity contribution is 7.92. The number of hydrogen-bond donors (Lipinski definition) is 1. The Bertz CT molecular complexity index is 1680. The highest BCUT2D eigenvalue weighted by Gasteiger charge is 2.35. The van der Waals surface area contributed by atoms with Gasteiger partial charge in [-0.25, -0.2) is 8.42 Å². The molecule has 1 N–H and O–H groups in total. The van der Waals surface area contributed by atoms with Crippen molar-refractivity contribution in [3.05, 3.63) is 120 Å². The van der Waals surface area contributed by atoms with Gasteiger partial charge in [0.1, 0.15) is 24.1 Å². The zero-order valence-corrected chi connectivity index (χ0v) is 27.4. The Kier molecular flexibility index (Phi) is 11.8. The summed E-state index contributed by atoms with van der Waals surface area (Å²) in [7, 11) is -2.64. The molecule has 10 heteroatoms. The largest absolute Gasteiger partial charge is 0.497 e. The van der Waals surface area contributed by atoms with Gasteiger partial charge in [0.15, 0.2) is 0 Å². The number of sulfonamides is 1. The van der Waals surface area contributed by atoms with Crippen molar-refractivity contribution in [3.8, 4) is 11.5 Å². The quantitative estimate of drug-likeness (QED) is 0.185. The lowest BCUT2D eigenvalue weighted by molar-refractivity contribution is -0.140. The van der Waals surface area contributed by atoms with Gasteiger partial charge in [0.25, 0.3) is 10.0 Å². The van der Waals surface area contributed by atoms with Crippen LogP contribution in [0.3, 0.4) is 0 Å². The number of carbonyl (C=O) groups excluding carboxylic acids is 2. The molecule has 0 aliphatic carbocycles. The molecular weight excluding hydrogens is 602 g/mol. The predicted octanol–water partition coefficient (Wildman–Crippen LogP) is 5.45. The van der Waals surface area contributed by atoms with Crippen LogP contribution in [-0.2, 0) is 32.6 Å². The zero-order valence-electron chi connectivity index (χ0n) is 26.6. The fraction of sp³-hybridized carbons (Fsp3) is 0.278. The number of methoxy groups -OCH3 is 1. The average Bonchev–Trinajstić information content (AvgIpc) is 3.06. The van der Waals surface area contributed by atoms with Crippen molar-refractivity contribution in [2.75, 3.05) is 24.6 Å². The molecule has 4 rings (SSSR count). The van der Waals surface area contributed by atoms with Crippen molar-refractivity contribution in [1.82, 2.24) is 10.2 Å². The molecule has 46 heavy (non-hydrogen) atoms. The van der Waals surface area contributed by atoms with Crippen LogP contribution in [0.15, 0.2) is 114 Å². The van der Waals surface area contributed by atoms with E-state index in [0.29, 0.717) is 18.1 Å². The summed E-state index contributed by atoms with van der Waals surface area (Å²) in [6.45, 7) is 5.51. The molecule has 0 spiro atoms. The van der Waals surface area contributed by atoms with Gasteiger partial charge in [0, 0.05) is 19.0 Å². The molecular formula is C36H41N3O6S. The number of benzene rings is 4. The minimum absolute atomic E-state index is 0.0365. The Hall–Kier alpha value is -4.83. The van der Waals surface area contributed by atoms with Crippen molar-refractivity contribution in [2.45, 2.75) is 50.7 Å². The number of amides is 2. The maximum atomic E-state index is 14.5. The Morgan fingerprint density at radius 3 is 2.04 bits per heavy atom. The third kappa shape index (κ3) is 8.88. The number of rotatable bonds is 15. The molecule has 0 bridgehead atoms. The predicted molar refractivity (Wildman–Crippen MR) is 179 cm³/mol. The number of anilines is 1. The minimum Gasteiger partial charge on any atom is -0.497 e. The fourth-order valence-electron chi connectivity index (χ4n) is 5.03. The van der Waals surface area contributed by atoms with E-state index in [2.05, 4.69) is 5.32 Å². The fourth-order valence-corrected chi connectivity index (χ4v) is 6.46. The summed E-state index contributed by atoms with van der Waals surface area (Å²) in [4.78, 5) is 29.9. The number of carbonyl (C=O) groups is 2. The maximum Gasteiger partial charge on any atom is 0.264 e. The molecule has 0 saturated heterocycles. The van der Waals surface area contributed by atoms with Crippen molar-refractivity contribution >= 4 is 27.5 Å². The zero-order chi connectivity index (χ0) is 33.1. The van der Waals surface area contributed by atoms with E-state index in [9.17, 15) is 18.0 Å². The normalized spacial score (nSPS) is 11.8. The number of nitrogens with one attached hydrogen (secondary N) is 1. The summed E-state index contributed by atoms with van der Waals surface area (Å²) < 4.78 is 40.3. The Labute approximate surface area is 271 Å². The standard InChI is InChI=1S/C36H41N3O6S/c1-5-45-31-21-19-30(20-22-31)39(46(42,43)33-17-10-7-11-18-33)26-35(40)38(25-29-15-12-16-32(23-29)44-4)34(36(41)37-27(2)3)24-28-13-8-6-9-14-28/h6-23,27,34H,5,24-26H2,1-4H3,(H,37,41)/t34-/m1/s1. The number of hydrogen-bond acceptors (Lipinski definition) is 6. The lowest BCUT2D eigenvalue weighted by atomic mass is 10.0. The minimum atomic E-state index is -4.19. The van der Waals surface area contributed by atoms with Crippen molar-refractivity contribution < 1.29 is 27.5 Å². The number of nitrogens with zero attached hydrogens (tertiary/aromatic N) is 2. The van der Waals surface area contributed by atoms with Gasteiger partial charge >= 0.3 is 0 Å². The molecule has 0 aliphatic rings. The summed E-state index contributed by atoms with van der Waals surface area (Å²) >= 11 is 0. The van der Waals surface area contributed by atoms with Crippen LogP contribution in [0.25, 0.3) is 0 Å². The van der Waals surface area contributed by atoms with Gasteiger partial charge in [0.2, 0.25) is 11.8 Å². The van der Waals surface area contributed by atoms with Crippen molar-refractivity contribution in [1.29, 1.82) is 0 Å². The second-order valence-electron chi connectivity index (χ2n) is 11.0. The molecule has 2 amide bonds. The molecule has 242 valence electrons. The summed E-state index contributed by atoms with van der Waals surface area (Å²) in [5, 5.41) is 2.96. The SMILES string of the molecule is CCOc1ccc(N(CC(=O)N(Cc2cccc(OC)c2)[C@H](Cc2ccccc2)C(=O)NC(C)C)S(=O)(=O)c2ccccc2)cc1. The number of ether oxygens (including phenoxy) is 2. The highest BCUT2D eigenvalue weighted by Crippen LogP contribution is 2.27. The smallest absolute Gasteiger partial charge is 0.264 e. The summed E-state index contributed by atoms with van der Waals surface area (Å²) in [5.41, 5.74) is 1.87. The molecule has 4 aromatic rings. The Balaban J connectivity index is 1.80. The third-order valence-corrected chi connectivity index (χ3v) is 9.02. The third-order valence-electron chi connectivity index (χ3n) is 7.23. The first-order chi connectivity index (χ1) is 22.1. The molecule has 0 unspecified atom stereocenters. The molecule has 0 aromatic heterocycles. The van der Waals surface area contributed by atoms with Crippen LogP contribution in [0.4, 0.5) is 5.69 Å². The van der Waals surface area contributed by atoms with Crippen LogP contribution in [0.2, 0.25) is 0 Å². The summed E-state index contributed by atoms with van der Waals surface area (Å²) in [6, 6.07) is 30.1. The molecule has 0 aliphatic heterocycles. The van der Waals surface area contributed by atoms with Crippen LogP contribution >= 0.6 is 0 Å². The van der Waals surface area contributed by atoms with Crippen molar-refractivity contribution in [3.63, 3.8) is 0 Å². The first-order valence-electron chi connectivity index (χ1n) is 15.2. The van der Waals surface area contributed by atoms with Gasteiger partial charge in [0.05, 0.1) is 24.3 Å². The van der Waals surface area contributed by atoms with Gasteiger partial charge in [-0.1, -0.05) is 60.7 Å². The van der Waals surface area contributed by atoms with Gasteiger partial charge in [-0.3, -0.25) is 13.9 Å². The van der Waals surface area contributed by atoms with Gasteiger partial charge in [-0.2, -0.15) is 0 Å².